The number of rotatable bonds is 4. The van der Waals surface area contributed by atoms with Crippen LogP contribution in [0.25, 0.3) is 11.3 Å². The quantitative estimate of drug-likeness (QED) is 0.709. The average molecular weight is 396 g/mol. The van der Waals surface area contributed by atoms with Gasteiger partial charge in [0, 0.05) is 48.7 Å². The molecule has 8 heteroatoms. The van der Waals surface area contributed by atoms with Gasteiger partial charge in [-0.1, -0.05) is 29.8 Å². The van der Waals surface area contributed by atoms with Gasteiger partial charge in [0.15, 0.2) is 0 Å². The molecular weight excluding hydrogens is 378 g/mol. The predicted octanol–water partition coefficient (Wildman–Crippen LogP) is 3.52. The third kappa shape index (κ3) is 3.57. The molecule has 3 aromatic rings. The molecular formula is C20H18ClN5O2. The maximum atomic E-state index is 12.7. The maximum absolute atomic E-state index is 12.7. The number of nitrogens with one attached hydrogen (secondary N) is 2. The van der Waals surface area contributed by atoms with Crippen molar-refractivity contribution in [3.63, 3.8) is 0 Å². The molecule has 0 saturated carbocycles. The summed E-state index contributed by atoms with van der Waals surface area (Å²) in [5.41, 5.74) is 3.36. The number of urea groups is 1. The summed E-state index contributed by atoms with van der Waals surface area (Å²) in [5, 5.41) is 10.5. The van der Waals surface area contributed by atoms with E-state index in [9.17, 15) is 9.59 Å². The fourth-order valence-electron chi connectivity index (χ4n) is 3.08. The summed E-state index contributed by atoms with van der Waals surface area (Å²) < 4.78 is 1.57. The second-order valence-corrected chi connectivity index (χ2v) is 6.83. The van der Waals surface area contributed by atoms with E-state index in [1.54, 1.807) is 53.0 Å². The Morgan fingerprint density at radius 3 is 2.71 bits per heavy atom. The summed E-state index contributed by atoms with van der Waals surface area (Å²) in [5.74, 6) is -0.244. The molecule has 7 nitrogen and oxygen atoms in total. The number of amides is 3. The van der Waals surface area contributed by atoms with Crippen LogP contribution in [-0.2, 0) is 7.05 Å². The van der Waals surface area contributed by atoms with Crippen LogP contribution in [0.5, 0.6) is 0 Å². The van der Waals surface area contributed by atoms with Crippen molar-refractivity contribution in [1.82, 2.24) is 15.1 Å². The second-order valence-electron chi connectivity index (χ2n) is 6.44. The lowest BCUT2D eigenvalue weighted by Gasteiger charge is -2.15. The molecule has 1 aromatic heterocycles. The first-order chi connectivity index (χ1) is 13.5. The van der Waals surface area contributed by atoms with Crippen molar-refractivity contribution in [1.29, 1.82) is 0 Å². The van der Waals surface area contributed by atoms with Gasteiger partial charge in [0.2, 0.25) is 0 Å². The van der Waals surface area contributed by atoms with Crippen LogP contribution < -0.4 is 15.5 Å². The first-order valence-corrected chi connectivity index (χ1v) is 9.16. The first kappa shape index (κ1) is 18.1. The van der Waals surface area contributed by atoms with Gasteiger partial charge in [-0.05, 0) is 30.3 Å². The van der Waals surface area contributed by atoms with Gasteiger partial charge in [-0.2, -0.15) is 5.10 Å². The van der Waals surface area contributed by atoms with Gasteiger partial charge >= 0.3 is 6.03 Å². The molecule has 2 N–H and O–H groups in total. The van der Waals surface area contributed by atoms with E-state index in [2.05, 4.69) is 15.7 Å². The lowest BCUT2D eigenvalue weighted by atomic mass is 10.1. The SMILES string of the molecule is Cn1nc(-c2cccc(C(=O)Nc3cccc(N4CCNC4=O)c3)c2)cc1Cl. The zero-order valence-electron chi connectivity index (χ0n) is 15.1. The molecule has 142 valence electrons. The Kier molecular flexibility index (Phi) is 4.75. The number of hydrogen-bond acceptors (Lipinski definition) is 3. The number of nitrogens with zero attached hydrogens (tertiary/aromatic N) is 3. The molecule has 1 fully saturated rings. The monoisotopic (exact) mass is 395 g/mol. The van der Waals surface area contributed by atoms with Crippen LogP contribution in [-0.4, -0.2) is 34.8 Å². The summed E-state index contributed by atoms with van der Waals surface area (Å²) in [4.78, 5) is 26.2. The molecule has 0 atom stereocenters. The van der Waals surface area contributed by atoms with E-state index in [1.165, 1.54) is 0 Å². The topological polar surface area (TPSA) is 79.3 Å². The van der Waals surface area contributed by atoms with Crippen LogP contribution >= 0.6 is 11.6 Å². The number of carbonyl (C=O) groups excluding carboxylic acids is 2. The maximum Gasteiger partial charge on any atom is 0.321 e. The van der Waals surface area contributed by atoms with Crippen molar-refractivity contribution >= 4 is 34.9 Å². The van der Waals surface area contributed by atoms with E-state index < -0.39 is 0 Å². The second kappa shape index (κ2) is 7.36. The van der Waals surface area contributed by atoms with Gasteiger partial charge in [-0.3, -0.25) is 14.4 Å². The van der Waals surface area contributed by atoms with Crippen LogP contribution in [0.15, 0.2) is 54.6 Å². The molecule has 0 bridgehead atoms. The van der Waals surface area contributed by atoms with Crippen LogP contribution in [0, 0.1) is 0 Å². The van der Waals surface area contributed by atoms with Gasteiger partial charge in [-0.15, -0.1) is 0 Å². The first-order valence-electron chi connectivity index (χ1n) is 8.78. The fraction of sp³-hybridized carbons (Fsp3) is 0.150. The lowest BCUT2D eigenvalue weighted by molar-refractivity contribution is 0.102. The Morgan fingerprint density at radius 2 is 2.00 bits per heavy atom. The van der Waals surface area contributed by atoms with Crippen molar-refractivity contribution in [2.24, 2.45) is 7.05 Å². The lowest BCUT2D eigenvalue weighted by Crippen LogP contribution is -2.27. The van der Waals surface area contributed by atoms with Crippen LogP contribution in [0.1, 0.15) is 10.4 Å². The molecule has 1 saturated heterocycles. The minimum Gasteiger partial charge on any atom is -0.336 e. The third-order valence-electron chi connectivity index (χ3n) is 4.52. The molecule has 0 aliphatic carbocycles. The minimum atomic E-state index is -0.244. The van der Waals surface area contributed by atoms with Crippen molar-refractivity contribution in [2.45, 2.75) is 0 Å². The Labute approximate surface area is 166 Å². The molecule has 2 aromatic carbocycles. The highest BCUT2D eigenvalue weighted by Crippen LogP contribution is 2.24. The number of carbonyl (C=O) groups is 2. The highest BCUT2D eigenvalue weighted by molar-refractivity contribution is 6.29. The van der Waals surface area contributed by atoms with E-state index >= 15 is 0 Å². The van der Waals surface area contributed by atoms with E-state index in [0.29, 0.717) is 35.2 Å². The summed E-state index contributed by atoms with van der Waals surface area (Å²) in [6.07, 6.45) is 0. The number of benzene rings is 2. The van der Waals surface area contributed by atoms with E-state index in [4.69, 9.17) is 11.6 Å². The fourth-order valence-corrected chi connectivity index (χ4v) is 3.22. The molecule has 2 heterocycles. The van der Waals surface area contributed by atoms with Crippen molar-refractivity contribution in [3.05, 3.63) is 65.3 Å². The molecule has 1 aliphatic heterocycles. The number of hydrogen-bond donors (Lipinski definition) is 2. The largest absolute Gasteiger partial charge is 0.336 e. The van der Waals surface area contributed by atoms with Gasteiger partial charge in [0.05, 0.1) is 5.69 Å². The van der Waals surface area contributed by atoms with Gasteiger partial charge < -0.3 is 10.6 Å². The zero-order chi connectivity index (χ0) is 19.7. The molecule has 3 amide bonds. The summed E-state index contributed by atoms with van der Waals surface area (Å²) in [7, 11) is 1.76. The number of aryl methyl sites for hydroxylation is 1. The normalized spacial score (nSPS) is 13.5. The Hall–Kier alpha value is -3.32. The molecule has 0 unspecified atom stereocenters. The van der Waals surface area contributed by atoms with Gasteiger partial charge in [-0.25, -0.2) is 4.79 Å². The van der Waals surface area contributed by atoms with Crippen LogP contribution in [0.4, 0.5) is 16.2 Å². The highest BCUT2D eigenvalue weighted by Gasteiger charge is 2.21. The minimum absolute atomic E-state index is 0.134. The predicted molar refractivity (Wildman–Crippen MR) is 109 cm³/mol. The molecule has 4 rings (SSSR count). The summed E-state index contributed by atoms with van der Waals surface area (Å²) in [6, 6.07) is 16.0. The van der Waals surface area contributed by atoms with Gasteiger partial charge in [0.25, 0.3) is 5.91 Å². The van der Waals surface area contributed by atoms with Crippen molar-refractivity contribution in [3.8, 4) is 11.3 Å². The third-order valence-corrected chi connectivity index (χ3v) is 4.87. The number of aromatic nitrogens is 2. The van der Waals surface area contributed by atoms with Crippen molar-refractivity contribution < 1.29 is 9.59 Å². The average Bonchev–Trinajstić information content (AvgIpc) is 3.27. The highest BCUT2D eigenvalue weighted by atomic mass is 35.5. The molecule has 1 aliphatic rings. The summed E-state index contributed by atoms with van der Waals surface area (Å²) >= 11 is 6.06. The standard InChI is InChI=1S/C20H18ClN5O2/c1-25-18(21)12-17(24-25)13-4-2-5-14(10-13)19(27)23-15-6-3-7-16(11-15)26-9-8-22-20(26)28/h2-7,10-12H,8-9H2,1H3,(H,22,28)(H,23,27). The van der Waals surface area contributed by atoms with Crippen molar-refractivity contribution in [2.75, 3.05) is 23.3 Å². The Morgan fingerprint density at radius 1 is 1.18 bits per heavy atom. The molecule has 0 radical (unpaired) electrons. The van der Waals surface area contributed by atoms with Crippen LogP contribution in [0.3, 0.4) is 0 Å². The van der Waals surface area contributed by atoms with Gasteiger partial charge in [0.1, 0.15) is 5.15 Å². The number of anilines is 2. The summed E-state index contributed by atoms with van der Waals surface area (Å²) in [6.45, 7) is 1.21. The number of halogens is 1. The van der Waals surface area contributed by atoms with Crippen LogP contribution in [0.2, 0.25) is 5.15 Å². The Bertz CT molecular complexity index is 1040. The molecule has 0 spiro atoms. The molecule has 28 heavy (non-hydrogen) atoms. The smallest absolute Gasteiger partial charge is 0.321 e. The van der Waals surface area contributed by atoms with E-state index in [-0.39, 0.29) is 11.9 Å². The van der Waals surface area contributed by atoms with E-state index in [0.717, 1.165) is 11.3 Å². The Balaban J connectivity index is 1.54. The van der Waals surface area contributed by atoms with E-state index in [1.807, 2.05) is 18.2 Å². The zero-order valence-corrected chi connectivity index (χ0v) is 15.9.